The second-order valence-electron chi connectivity index (χ2n) is 2.58. The van der Waals surface area contributed by atoms with Crippen molar-refractivity contribution < 1.29 is 9.53 Å². The lowest BCUT2D eigenvalue weighted by Crippen LogP contribution is -2.03. The van der Waals surface area contributed by atoms with Gasteiger partial charge in [-0.2, -0.15) is 0 Å². The highest BCUT2D eigenvalue weighted by atomic mass is 16.5. The van der Waals surface area contributed by atoms with Crippen molar-refractivity contribution in [3.8, 4) is 0 Å². The molecule has 0 unspecified atom stereocenters. The summed E-state index contributed by atoms with van der Waals surface area (Å²) in [5, 5.41) is 0. The predicted octanol–water partition coefficient (Wildman–Crippen LogP) is 1.78. The molecular weight excluding hydrogens is 128 g/mol. The minimum atomic E-state index is 0.167. The summed E-state index contributed by atoms with van der Waals surface area (Å²) in [6, 6.07) is 0. The number of ether oxygens (including phenoxy) is 1. The van der Waals surface area contributed by atoms with E-state index >= 15 is 0 Å². The van der Waals surface area contributed by atoms with Gasteiger partial charge in [0.1, 0.15) is 5.78 Å². The van der Waals surface area contributed by atoms with Gasteiger partial charge in [-0.15, -0.1) is 0 Å². The normalized spacial score (nSPS) is 17.0. The molecule has 1 heterocycles. The Bertz CT molecular complexity index is 69.7. The van der Waals surface area contributed by atoms with Crippen molar-refractivity contribution in [1.82, 2.24) is 0 Å². The summed E-state index contributed by atoms with van der Waals surface area (Å²) in [4.78, 5) is 9.44. The first-order valence-electron chi connectivity index (χ1n) is 3.78. The van der Waals surface area contributed by atoms with Gasteiger partial charge in [0.25, 0.3) is 0 Å². The molecule has 0 aromatic rings. The van der Waals surface area contributed by atoms with E-state index in [1.165, 1.54) is 33.1 Å². The highest BCUT2D eigenvalue weighted by molar-refractivity contribution is 5.72. The topological polar surface area (TPSA) is 26.3 Å². The molecule has 1 aliphatic rings. The van der Waals surface area contributed by atoms with E-state index in [2.05, 4.69) is 0 Å². The number of ketones is 1. The fourth-order valence-corrected chi connectivity index (χ4v) is 0.687. The van der Waals surface area contributed by atoms with Gasteiger partial charge >= 0.3 is 0 Å². The molecule has 0 N–H and O–H groups in total. The summed E-state index contributed by atoms with van der Waals surface area (Å²) in [5.41, 5.74) is 0. The zero-order valence-electron chi connectivity index (χ0n) is 6.85. The Hall–Kier alpha value is -0.370. The Morgan fingerprint density at radius 3 is 1.60 bits per heavy atom. The maximum atomic E-state index is 9.44. The van der Waals surface area contributed by atoms with Crippen LogP contribution in [0.3, 0.4) is 0 Å². The van der Waals surface area contributed by atoms with Gasteiger partial charge in [-0.3, -0.25) is 0 Å². The molecule has 0 radical (unpaired) electrons. The van der Waals surface area contributed by atoms with E-state index in [4.69, 9.17) is 4.74 Å². The fraction of sp³-hybridized carbons (Fsp3) is 0.875. The molecule has 0 aromatic carbocycles. The number of Topliss-reactive ketones (excluding diaryl/α,β-unsaturated/α-hetero) is 1. The van der Waals surface area contributed by atoms with Crippen LogP contribution in [-0.4, -0.2) is 19.0 Å². The van der Waals surface area contributed by atoms with Crippen molar-refractivity contribution >= 4 is 5.78 Å². The van der Waals surface area contributed by atoms with E-state index in [-0.39, 0.29) is 5.78 Å². The van der Waals surface area contributed by atoms with Crippen LogP contribution in [0.2, 0.25) is 0 Å². The van der Waals surface area contributed by atoms with Crippen molar-refractivity contribution in [2.45, 2.75) is 33.1 Å². The van der Waals surface area contributed by atoms with Crippen LogP contribution in [0.1, 0.15) is 33.1 Å². The van der Waals surface area contributed by atoms with Gasteiger partial charge in [-0.1, -0.05) is 0 Å². The fourth-order valence-electron chi connectivity index (χ4n) is 0.687. The van der Waals surface area contributed by atoms with Crippen molar-refractivity contribution in [3.63, 3.8) is 0 Å². The highest BCUT2D eigenvalue weighted by Crippen LogP contribution is 2.02. The van der Waals surface area contributed by atoms with Crippen molar-refractivity contribution in [3.05, 3.63) is 0 Å². The van der Waals surface area contributed by atoms with Gasteiger partial charge in [0.2, 0.25) is 0 Å². The summed E-state index contributed by atoms with van der Waals surface area (Å²) in [7, 11) is 0. The summed E-state index contributed by atoms with van der Waals surface area (Å²) in [6.07, 6.45) is 3.93. The molecule has 0 atom stereocenters. The van der Waals surface area contributed by atoms with Gasteiger partial charge in [-0.05, 0) is 33.1 Å². The Balaban J connectivity index is 0.000000180. The first kappa shape index (κ1) is 9.63. The van der Waals surface area contributed by atoms with Crippen LogP contribution < -0.4 is 0 Å². The molecule has 60 valence electrons. The molecular formula is C8H16O2. The zero-order valence-corrected chi connectivity index (χ0v) is 6.85. The minimum Gasteiger partial charge on any atom is -0.381 e. The monoisotopic (exact) mass is 144 g/mol. The standard InChI is InChI=1S/C5H10O.C3H6O/c1-2-4-6-5-3-1;1-3(2)4/h1-5H2;1-2H3. The molecule has 1 fully saturated rings. The average Bonchev–Trinajstić information content (AvgIpc) is 1.90. The van der Waals surface area contributed by atoms with Crippen LogP contribution in [0.15, 0.2) is 0 Å². The van der Waals surface area contributed by atoms with Crippen LogP contribution in [0, 0.1) is 0 Å². The quantitative estimate of drug-likeness (QED) is 0.518. The largest absolute Gasteiger partial charge is 0.381 e. The molecule has 0 aromatic heterocycles. The minimum absolute atomic E-state index is 0.167. The predicted molar refractivity (Wildman–Crippen MR) is 41.0 cm³/mol. The van der Waals surface area contributed by atoms with Crippen LogP contribution in [0.4, 0.5) is 0 Å². The van der Waals surface area contributed by atoms with E-state index < -0.39 is 0 Å². The highest BCUT2D eigenvalue weighted by Gasteiger charge is 1.94. The average molecular weight is 144 g/mol. The van der Waals surface area contributed by atoms with Crippen LogP contribution in [0.5, 0.6) is 0 Å². The van der Waals surface area contributed by atoms with Gasteiger partial charge < -0.3 is 9.53 Å². The lowest BCUT2D eigenvalue weighted by Gasteiger charge is -2.08. The number of carbonyl (C=O) groups excluding carboxylic acids is 1. The molecule has 2 nitrogen and oxygen atoms in total. The summed E-state index contributed by atoms with van der Waals surface area (Å²) < 4.78 is 5.07. The maximum Gasteiger partial charge on any atom is 0.126 e. The molecule has 1 saturated heterocycles. The Morgan fingerprint density at radius 2 is 1.50 bits per heavy atom. The van der Waals surface area contributed by atoms with Crippen LogP contribution in [0.25, 0.3) is 0 Å². The van der Waals surface area contributed by atoms with E-state index in [0.29, 0.717) is 0 Å². The third-order valence-corrected chi connectivity index (χ3v) is 1.08. The Labute approximate surface area is 62.6 Å². The van der Waals surface area contributed by atoms with E-state index in [0.717, 1.165) is 13.2 Å². The SMILES string of the molecule is C1CCOCC1.CC(C)=O. The third-order valence-electron chi connectivity index (χ3n) is 1.08. The smallest absolute Gasteiger partial charge is 0.126 e. The van der Waals surface area contributed by atoms with Crippen molar-refractivity contribution in [1.29, 1.82) is 0 Å². The second kappa shape index (κ2) is 6.75. The number of rotatable bonds is 0. The van der Waals surface area contributed by atoms with E-state index in [1.54, 1.807) is 0 Å². The number of hydrogen-bond donors (Lipinski definition) is 0. The van der Waals surface area contributed by atoms with E-state index in [9.17, 15) is 4.79 Å². The molecule has 0 amide bonds. The molecule has 0 bridgehead atoms. The Morgan fingerprint density at radius 1 is 1.10 bits per heavy atom. The summed E-state index contributed by atoms with van der Waals surface area (Å²) >= 11 is 0. The molecule has 1 rings (SSSR count). The number of carbonyl (C=O) groups is 1. The van der Waals surface area contributed by atoms with Gasteiger partial charge in [-0.25, -0.2) is 0 Å². The van der Waals surface area contributed by atoms with Crippen molar-refractivity contribution in [2.24, 2.45) is 0 Å². The zero-order chi connectivity index (χ0) is 7.82. The van der Waals surface area contributed by atoms with Gasteiger partial charge in [0.15, 0.2) is 0 Å². The molecule has 0 aliphatic carbocycles. The van der Waals surface area contributed by atoms with Gasteiger partial charge in [0, 0.05) is 13.2 Å². The molecule has 10 heavy (non-hydrogen) atoms. The van der Waals surface area contributed by atoms with Crippen molar-refractivity contribution in [2.75, 3.05) is 13.2 Å². The first-order valence-corrected chi connectivity index (χ1v) is 3.78. The molecule has 0 spiro atoms. The molecule has 2 heteroatoms. The molecule has 0 saturated carbocycles. The lowest BCUT2D eigenvalue weighted by molar-refractivity contribution is -0.114. The Kier molecular flexibility index (Phi) is 6.50. The second-order valence-corrected chi connectivity index (χ2v) is 2.58. The van der Waals surface area contributed by atoms with Crippen LogP contribution >= 0.6 is 0 Å². The van der Waals surface area contributed by atoms with E-state index in [1.807, 2.05) is 0 Å². The maximum absolute atomic E-state index is 9.44. The summed E-state index contributed by atoms with van der Waals surface area (Å²) in [5.74, 6) is 0.167. The molecule has 1 aliphatic heterocycles. The third kappa shape index (κ3) is 10.6. The first-order chi connectivity index (χ1) is 4.73. The number of hydrogen-bond acceptors (Lipinski definition) is 2. The lowest BCUT2D eigenvalue weighted by atomic mass is 10.2. The van der Waals surface area contributed by atoms with Crippen LogP contribution in [-0.2, 0) is 9.53 Å². The summed E-state index contributed by atoms with van der Waals surface area (Å²) in [6.45, 7) is 5.06. The van der Waals surface area contributed by atoms with Gasteiger partial charge in [0.05, 0.1) is 0 Å².